The summed E-state index contributed by atoms with van der Waals surface area (Å²) in [5.74, 6) is 0. The number of unbranched alkanes of at least 4 members (excludes halogenated alkanes) is 1. The number of nitrogens with zero attached hydrogens (tertiary/aromatic N) is 1. The van der Waals surface area contributed by atoms with Crippen LogP contribution in [0, 0.1) is 0 Å². The summed E-state index contributed by atoms with van der Waals surface area (Å²) >= 11 is 3.36. The van der Waals surface area contributed by atoms with Gasteiger partial charge in [0.15, 0.2) is 0 Å². The third kappa shape index (κ3) is 4.39. The molecule has 0 aromatic carbocycles. The van der Waals surface area contributed by atoms with E-state index in [4.69, 9.17) is 0 Å². The molecular formula is C10H15BrN2. The number of halogens is 1. The molecule has 13 heavy (non-hydrogen) atoms. The van der Waals surface area contributed by atoms with Crippen LogP contribution in [0.3, 0.4) is 0 Å². The van der Waals surface area contributed by atoms with E-state index < -0.39 is 0 Å². The highest BCUT2D eigenvalue weighted by Gasteiger charge is 1.93. The summed E-state index contributed by atoms with van der Waals surface area (Å²) in [5, 5.41) is 3.34. The summed E-state index contributed by atoms with van der Waals surface area (Å²) < 4.78 is 1.03. The Hall–Kier alpha value is -0.410. The molecule has 0 spiro atoms. The highest BCUT2D eigenvalue weighted by atomic mass is 79.9. The number of pyridine rings is 1. The van der Waals surface area contributed by atoms with E-state index in [0.717, 1.165) is 23.3 Å². The molecule has 0 aliphatic carbocycles. The van der Waals surface area contributed by atoms with Crippen LogP contribution >= 0.6 is 15.9 Å². The smallest absolute Gasteiger partial charge is 0.0542 e. The number of hydrogen-bond acceptors (Lipinski definition) is 2. The number of nitrogens with one attached hydrogen (secondary N) is 1. The van der Waals surface area contributed by atoms with Gasteiger partial charge in [0.2, 0.25) is 0 Å². The summed E-state index contributed by atoms with van der Waals surface area (Å²) in [6.07, 6.45) is 4.30. The molecule has 0 fully saturated rings. The highest BCUT2D eigenvalue weighted by Crippen LogP contribution is 2.06. The van der Waals surface area contributed by atoms with E-state index >= 15 is 0 Å². The van der Waals surface area contributed by atoms with Gasteiger partial charge in [0.1, 0.15) is 0 Å². The molecule has 0 radical (unpaired) electrons. The Balaban J connectivity index is 2.25. The minimum Gasteiger partial charge on any atom is -0.311 e. The molecule has 1 N–H and O–H groups in total. The minimum absolute atomic E-state index is 0.868. The van der Waals surface area contributed by atoms with Crippen molar-refractivity contribution < 1.29 is 0 Å². The van der Waals surface area contributed by atoms with Gasteiger partial charge in [0.05, 0.1) is 5.69 Å². The fourth-order valence-corrected chi connectivity index (χ4v) is 1.26. The lowest BCUT2D eigenvalue weighted by atomic mass is 10.3. The Morgan fingerprint density at radius 3 is 2.92 bits per heavy atom. The van der Waals surface area contributed by atoms with Crippen LogP contribution in [0.2, 0.25) is 0 Å². The van der Waals surface area contributed by atoms with Gasteiger partial charge >= 0.3 is 0 Å². The first-order chi connectivity index (χ1) is 6.33. The second kappa shape index (κ2) is 6.11. The molecule has 1 aromatic rings. The average Bonchev–Trinajstić information content (AvgIpc) is 2.15. The second-order valence-corrected chi connectivity index (χ2v) is 3.91. The lowest BCUT2D eigenvalue weighted by molar-refractivity contribution is 0.633. The minimum atomic E-state index is 0.868. The maximum Gasteiger partial charge on any atom is 0.0542 e. The monoisotopic (exact) mass is 242 g/mol. The second-order valence-electron chi connectivity index (χ2n) is 3.00. The van der Waals surface area contributed by atoms with E-state index in [2.05, 4.69) is 33.2 Å². The fraction of sp³-hybridized carbons (Fsp3) is 0.500. The molecule has 0 aliphatic heterocycles. The maximum absolute atomic E-state index is 4.27. The molecule has 2 nitrogen and oxygen atoms in total. The molecule has 0 aliphatic rings. The van der Waals surface area contributed by atoms with E-state index in [1.54, 1.807) is 0 Å². The van der Waals surface area contributed by atoms with Crippen LogP contribution in [-0.4, -0.2) is 11.5 Å². The molecule has 0 amide bonds. The van der Waals surface area contributed by atoms with Crippen molar-refractivity contribution in [3.8, 4) is 0 Å². The lowest BCUT2D eigenvalue weighted by Crippen LogP contribution is -2.15. The summed E-state index contributed by atoms with van der Waals surface area (Å²) in [4.78, 5) is 4.27. The molecule has 1 rings (SSSR count). The SMILES string of the molecule is CCCCNCc1ccc(Br)cn1. The van der Waals surface area contributed by atoms with Gasteiger partial charge in [-0.2, -0.15) is 0 Å². The van der Waals surface area contributed by atoms with Gasteiger partial charge in [0.25, 0.3) is 0 Å². The summed E-state index contributed by atoms with van der Waals surface area (Å²) in [5.41, 5.74) is 1.10. The van der Waals surface area contributed by atoms with Crippen molar-refractivity contribution in [2.75, 3.05) is 6.54 Å². The first-order valence-electron chi connectivity index (χ1n) is 4.64. The van der Waals surface area contributed by atoms with Crippen molar-refractivity contribution in [2.24, 2.45) is 0 Å². The van der Waals surface area contributed by atoms with Gasteiger partial charge in [-0.25, -0.2) is 0 Å². The van der Waals surface area contributed by atoms with Gasteiger partial charge in [-0.05, 0) is 41.0 Å². The average molecular weight is 243 g/mol. The van der Waals surface area contributed by atoms with Crippen LogP contribution in [0.15, 0.2) is 22.8 Å². The molecule has 1 heterocycles. The van der Waals surface area contributed by atoms with Gasteiger partial charge in [-0.15, -0.1) is 0 Å². The van der Waals surface area contributed by atoms with E-state index in [0.29, 0.717) is 0 Å². The summed E-state index contributed by atoms with van der Waals surface area (Å²) in [6, 6.07) is 4.05. The highest BCUT2D eigenvalue weighted by molar-refractivity contribution is 9.10. The molecular weight excluding hydrogens is 228 g/mol. The number of rotatable bonds is 5. The first-order valence-corrected chi connectivity index (χ1v) is 5.43. The summed E-state index contributed by atoms with van der Waals surface area (Å²) in [7, 11) is 0. The van der Waals surface area contributed by atoms with Crippen LogP contribution in [0.4, 0.5) is 0 Å². The standard InChI is InChI=1S/C10H15BrN2/c1-2-3-6-12-8-10-5-4-9(11)7-13-10/h4-5,7,12H,2-3,6,8H2,1H3. The Morgan fingerprint density at radius 1 is 1.46 bits per heavy atom. The van der Waals surface area contributed by atoms with Crippen LogP contribution in [-0.2, 0) is 6.54 Å². The van der Waals surface area contributed by atoms with E-state index in [-0.39, 0.29) is 0 Å². The van der Waals surface area contributed by atoms with Crippen molar-refractivity contribution in [1.29, 1.82) is 0 Å². The van der Waals surface area contributed by atoms with Crippen molar-refractivity contribution in [3.63, 3.8) is 0 Å². The van der Waals surface area contributed by atoms with Crippen LogP contribution in [0.5, 0.6) is 0 Å². The Bertz CT molecular complexity index is 233. The van der Waals surface area contributed by atoms with Crippen molar-refractivity contribution >= 4 is 15.9 Å². The molecule has 0 saturated heterocycles. The predicted octanol–water partition coefficient (Wildman–Crippen LogP) is 2.73. The zero-order chi connectivity index (χ0) is 9.52. The fourth-order valence-electron chi connectivity index (χ4n) is 1.03. The zero-order valence-corrected chi connectivity index (χ0v) is 9.47. The topological polar surface area (TPSA) is 24.9 Å². The normalized spacial score (nSPS) is 10.3. The van der Waals surface area contributed by atoms with E-state index in [9.17, 15) is 0 Å². The molecule has 0 atom stereocenters. The van der Waals surface area contributed by atoms with E-state index in [1.165, 1.54) is 12.8 Å². The van der Waals surface area contributed by atoms with Crippen LogP contribution in [0.25, 0.3) is 0 Å². The molecule has 1 aromatic heterocycles. The molecule has 72 valence electrons. The lowest BCUT2D eigenvalue weighted by Gasteiger charge is -2.02. The maximum atomic E-state index is 4.27. The third-order valence-corrected chi connectivity index (χ3v) is 2.27. The van der Waals surface area contributed by atoms with Gasteiger partial charge in [-0.3, -0.25) is 4.98 Å². The third-order valence-electron chi connectivity index (χ3n) is 1.80. The molecule has 0 saturated carbocycles. The van der Waals surface area contributed by atoms with Crippen LogP contribution < -0.4 is 5.32 Å². The van der Waals surface area contributed by atoms with Crippen molar-refractivity contribution in [2.45, 2.75) is 26.3 Å². The van der Waals surface area contributed by atoms with E-state index in [1.807, 2.05) is 18.3 Å². The van der Waals surface area contributed by atoms with Crippen LogP contribution in [0.1, 0.15) is 25.5 Å². The quantitative estimate of drug-likeness (QED) is 0.804. The summed E-state index contributed by atoms with van der Waals surface area (Å²) in [6.45, 7) is 4.14. The first kappa shape index (κ1) is 10.7. The predicted molar refractivity (Wildman–Crippen MR) is 58.6 cm³/mol. The van der Waals surface area contributed by atoms with Gasteiger partial charge in [0, 0.05) is 17.2 Å². The van der Waals surface area contributed by atoms with Crippen molar-refractivity contribution in [1.82, 2.24) is 10.3 Å². The number of aromatic nitrogens is 1. The Kier molecular flexibility index (Phi) is 5.01. The molecule has 0 unspecified atom stereocenters. The van der Waals surface area contributed by atoms with Crippen molar-refractivity contribution in [3.05, 3.63) is 28.5 Å². The molecule has 3 heteroatoms. The molecule has 0 bridgehead atoms. The van der Waals surface area contributed by atoms with Gasteiger partial charge < -0.3 is 5.32 Å². The Morgan fingerprint density at radius 2 is 2.31 bits per heavy atom. The Labute approximate surface area is 87.9 Å². The largest absolute Gasteiger partial charge is 0.311 e. The number of hydrogen-bond donors (Lipinski definition) is 1. The zero-order valence-electron chi connectivity index (χ0n) is 7.89. The van der Waals surface area contributed by atoms with Gasteiger partial charge in [-0.1, -0.05) is 13.3 Å².